The summed E-state index contributed by atoms with van der Waals surface area (Å²) in [5, 5.41) is 20.1. The smallest absolute Gasteiger partial charge is 0.235 e. The summed E-state index contributed by atoms with van der Waals surface area (Å²) in [7, 11) is 0. The molecule has 0 aliphatic heterocycles. The molecule has 0 saturated carbocycles. The lowest BCUT2D eigenvalue weighted by Gasteiger charge is -1.93. The lowest BCUT2D eigenvalue weighted by atomic mass is 10.1. The lowest BCUT2D eigenvalue weighted by molar-refractivity contribution is -0.401. The maximum Gasteiger partial charge on any atom is 0.235 e. The fourth-order valence-electron chi connectivity index (χ4n) is 1.01. The Kier molecular flexibility index (Phi) is 3.90. The Morgan fingerprint density at radius 1 is 0.812 bits per heavy atom. The molecule has 0 aliphatic rings. The molecule has 0 atom stereocenters. The van der Waals surface area contributed by atoms with E-state index in [1.54, 1.807) is 24.3 Å². The van der Waals surface area contributed by atoms with Gasteiger partial charge in [-0.25, -0.2) is 0 Å². The average Bonchev–Trinajstić information content (AvgIpc) is 2.25. The monoisotopic (exact) mass is 220 g/mol. The average molecular weight is 220 g/mol. The van der Waals surface area contributed by atoms with Crippen molar-refractivity contribution in [3.63, 3.8) is 0 Å². The molecule has 6 nitrogen and oxygen atoms in total. The number of rotatable bonds is 4. The molecule has 0 saturated heterocycles. The Morgan fingerprint density at radius 2 is 1.12 bits per heavy atom. The zero-order chi connectivity index (χ0) is 12.0. The van der Waals surface area contributed by atoms with Crippen molar-refractivity contribution in [3.8, 4) is 0 Å². The Bertz CT molecular complexity index is 405. The number of hydrogen-bond acceptors (Lipinski definition) is 4. The maximum atomic E-state index is 10.0. The SMILES string of the molecule is O=[N+]([O-])/C=C\c1ccc(/C=C\[N+](=O)[O-])cc1. The Balaban J connectivity index is 2.75. The van der Waals surface area contributed by atoms with Gasteiger partial charge in [0.1, 0.15) is 0 Å². The number of nitrogens with zero attached hydrogens (tertiary/aromatic N) is 2. The van der Waals surface area contributed by atoms with Gasteiger partial charge in [0, 0.05) is 12.2 Å². The van der Waals surface area contributed by atoms with Gasteiger partial charge in [0.15, 0.2) is 0 Å². The van der Waals surface area contributed by atoms with E-state index in [1.807, 2.05) is 0 Å². The van der Waals surface area contributed by atoms with Crippen LogP contribution in [0.5, 0.6) is 0 Å². The first kappa shape index (κ1) is 11.6. The van der Waals surface area contributed by atoms with Gasteiger partial charge in [0.2, 0.25) is 12.4 Å². The van der Waals surface area contributed by atoms with E-state index in [0.29, 0.717) is 11.1 Å². The predicted molar refractivity (Wildman–Crippen MR) is 58.5 cm³/mol. The second-order valence-electron chi connectivity index (χ2n) is 2.87. The lowest BCUT2D eigenvalue weighted by Crippen LogP contribution is -1.83. The largest absolute Gasteiger partial charge is 0.259 e. The minimum atomic E-state index is -0.555. The Morgan fingerprint density at radius 3 is 1.38 bits per heavy atom. The van der Waals surface area contributed by atoms with Crippen LogP contribution in [0.15, 0.2) is 36.7 Å². The molecule has 0 unspecified atom stereocenters. The third kappa shape index (κ3) is 4.14. The van der Waals surface area contributed by atoms with Gasteiger partial charge < -0.3 is 0 Å². The highest BCUT2D eigenvalue weighted by molar-refractivity contribution is 5.54. The highest BCUT2D eigenvalue weighted by Crippen LogP contribution is 2.07. The quantitative estimate of drug-likeness (QED) is 0.574. The van der Waals surface area contributed by atoms with Crippen LogP contribution in [-0.2, 0) is 0 Å². The van der Waals surface area contributed by atoms with E-state index in [4.69, 9.17) is 0 Å². The third-order valence-corrected chi connectivity index (χ3v) is 1.71. The maximum absolute atomic E-state index is 10.0. The molecule has 0 spiro atoms. The number of nitro groups is 2. The highest BCUT2D eigenvalue weighted by Gasteiger charge is 1.92. The van der Waals surface area contributed by atoms with Gasteiger partial charge in [-0.1, -0.05) is 24.3 Å². The van der Waals surface area contributed by atoms with Crippen LogP contribution in [0.3, 0.4) is 0 Å². The number of hydrogen-bond donors (Lipinski definition) is 0. The van der Waals surface area contributed by atoms with E-state index < -0.39 is 9.85 Å². The molecule has 0 aliphatic carbocycles. The minimum Gasteiger partial charge on any atom is -0.259 e. The topological polar surface area (TPSA) is 86.3 Å². The van der Waals surface area contributed by atoms with Crippen molar-refractivity contribution in [3.05, 3.63) is 68.0 Å². The van der Waals surface area contributed by atoms with Crippen LogP contribution in [0.25, 0.3) is 12.2 Å². The third-order valence-electron chi connectivity index (χ3n) is 1.71. The Labute approximate surface area is 90.8 Å². The van der Waals surface area contributed by atoms with E-state index in [0.717, 1.165) is 12.4 Å². The summed E-state index contributed by atoms with van der Waals surface area (Å²) in [6.45, 7) is 0. The molecule has 82 valence electrons. The van der Waals surface area contributed by atoms with Crippen LogP contribution < -0.4 is 0 Å². The fourth-order valence-corrected chi connectivity index (χ4v) is 1.01. The van der Waals surface area contributed by atoms with Crippen LogP contribution in [0.4, 0.5) is 0 Å². The standard InChI is InChI=1S/C10H8N2O4/c13-11(14)7-5-9-1-2-10(4-3-9)6-8-12(15)16/h1-8H/b7-5-,8-6-. The summed E-state index contributed by atoms with van der Waals surface area (Å²) in [5.74, 6) is 0. The summed E-state index contributed by atoms with van der Waals surface area (Å²) in [5.41, 5.74) is 1.32. The van der Waals surface area contributed by atoms with Gasteiger partial charge in [-0.3, -0.25) is 20.2 Å². The molecule has 0 heterocycles. The summed E-state index contributed by atoms with van der Waals surface area (Å²) < 4.78 is 0. The fraction of sp³-hybridized carbons (Fsp3) is 0. The van der Waals surface area contributed by atoms with Crippen molar-refractivity contribution < 1.29 is 9.85 Å². The molecule has 0 N–H and O–H groups in total. The molecule has 16 heavy (non-hydrogen) atoms. The van der Waals surface area contributed by atoms with Crippen LogP contribution in [-0.4, -0.2) is 9.85 Å². The molecule has 6 heteroatoms. The van der Waals surface area contributed by atoms with E-state index >= 15 is 0 Å². The van der Waals surface area contributed by atoms with Crippen molar-refractivity contribution in [2.45, 2.75) is 0 Å². The van der Waals surface area contributed by atoms with Crippen molar-refractivity contribution in [1.82, 2.24) is 0 Å². The summed E-state index contributed by atoms with van der Waals surface area (Å²) in [4.78, 5) is 19.0. The molecule has 0 fully saturated rings. The highest BCUT2D eigenvalue weighted by atomic mass is 16.6. The molecule has 1 rings (SSSR count). The molecule has 0 bridgehead atoms. The van der Waals surface area contributed by atoms with Crippen LogP contribution in [0, 0.1) is 20.2 Å². The molecule has 0 amide bonds. The summed E-state index contributed by atoms with van der Waals surface area (Å²) in [6, 6.07) is 6.55. The van der Waals surface area contributed by atoms with Crippen LogP contribution >= 0.6 is 0 Å². The first-order chi connectivity index (χ1) is 7.58. The van der Waals surface area contributed by atoms with Gasteiger partial charge >= 0.3 is 0 Å². The first-order valence-electron chi connectivity index (χ1n) is 4.31. The van der Waals surface area contributed by atoms with Gasteiger partial charge in [-0.05, 0) is 11.1 Å². The van der Waals surface area contributed by atoms with Crippen LogP contribution in [0.2, 0.25) is 0 Å². The zero-order valence-electron chi connectivity index (χ0n) is 8.15. The Hall–Kier alpha value is -2.50. The van der Waals surface area contributed by atoms with E-state index in [1.165, 1.54) is 12.2 Å². The molecule has 1 aromatic carbocycles. The summed E-state index contributed by atoms with van der Waals surface area (Å²) in [6.07, 6.45) is 4.37. The summed E-state index contributed by atoms with van der Waals surface area (Å²) >= 11 is 0. The normalized spacial score (nSPS) is 11.0. The predicted octanol–water partition coefficient (Wildman–Crippen LogP) is 2.18. The molecule has 0 aromatic heterocycles. The van der Waals surface area contributed by atoms with Crippen molar-refractivity contribution >= 4 is 12.2 Å². The van der Waals surface area contributed by atoms with Crippen molar-refractivity contribution in [2.24, 2.45) is 0 Å². The molecule has 0 radical (unpaired) electrons. The van der Waals surface area contributed by atoms with Gasteiger partial charge in [0.25, 0.3) is 0 Å². The zero-order valence-corrected chi connectivity index (χ0v) is 8.15. The van der Waals surface area contributed by atoms with Crippen LogP contribution in [0.1, 0.15) is 11.1 Å². The molecular weight excluding hydrogens is 212 g/mol. The first-order valence-corrected chi connectivity index (χ1v) is 4.31. The van der Waals surface area contributed by atoms with Gasteiger partial charge in [-0.2, -0.15) is 0 Å². The van der Waals surface area contributed by atoms with Gasteiger partial charge in [-0.15, -0.1) is 0 Å². The van der Waals surface area contributed by atoms with E-state index in [-0.39, 0.29) is 0 Å². The second kappa shape index (κ2) is 5.40. The second-order valence-corrected chi connectivity index (χ2v) is 2.87. The molecular formula is C10H8N2O4. The van der Waals surface area contributed by atoms with E-state index in [9.17, 15) is 20.2 Å². The van der Waals surface area contributed by atoms with Gasteiger partial charge in [0.05, 0.1) is 9.85 Å². The van der Waals surface area contributed by atoms with Crippen molar-refractivity contribution in [1.29, 1.82) is 0 Å². The minimum absolute atomic E-state index is 0.555. The molecule has 1 aromatic rings. The number of benzene rings is 1. The van der Waals surface area contributed by atoms with Crippen molar-refractivity contribution in [2.75, 3.05) is 0 Å². The van der Waals surface area contributed by atoms with E-state index in [2.05, 4.69) is 0 Å².